The fourth-order valence-corrected chi connectivity index (χ4v) is 7.07. The number of nitrogen functional groups attached to an aromatic ring is 1. The highest BCUT2D eigenvalue weighted by Gasteiger charge is 2.57. The Hall–Kier alpha value is -2.43. The molecule has 4 N–H and O–H groups in total. The summed E-state index contributed by atoms with van der Waals surface area (Å²) in [5.74, 6) is -1.37. The number of fused-ring (bicyclic) bond motifs is 1. The number of thioether (sulfide) groups is 2. The quantitative estimate of drug-likeness (QED) is 0.189. The van der Waals surface area contributed by atoms with Crippen molar-refractivity contribution in [1.29, 1.82) is 0 Å². The SMILES string of the molecule is CON=C(C(=O)NC1C(=O)N2CC(CSc3cnns3)(C(=O)O)CS[C@H]12)c1csc(N)n1. The first-order valence-electron chi connectivity index (χ1n) is 9.03. The number of carbonyl (C=O) groups is 3. The number of anilines is 1. The number of oxime groups is 1. The molecule has 12 nitrogen and oxygen atoms in total. The monoisotopic (exact) mass is 515 g/mol. The molecule has 2 aromatic heterocycles. The molecule has 170 valence electrons. The van der Waals surface area contributed by atoms with Crippen molar-refractivity contribution in [3.05, 3.63) is 17.3 Å². The second-order valence-electron chi connectivity index (χ2n) is 6.92. The van der Waals surface area contributed by atoms with Crippen LogP contribution >= 0.6 is 46.4 Å². The zero-order valence-corrected chi connectivity index (χ0v) is 19.7. The number of hydrogen-bond donors (Lipinski definition) is 3. The van der Waals surface area contributed by atoms with Gasteiger partial charge in [-0.2, -0.15) is 0 Å². The first kappa shape index (κ1) is 22.8. The Morgan fingerprint density at radius 1 is 1.53 bits per heavy atom. The van der Waals surface area contributed by atoms with Gasteiger partial charge in [0.2, 0.25) is 5.91 Å². The van der Waals surface area contributed by atoms with Crippen LogP contribution in [-0.4, -0.2) is 84.6 Å². The van der Waals surface area contributed by atoms with Crippen LogP contribution in [0.2, 0.25) is 0 Å². The Balaban J connectivity index is 1.42. The van der Waals surface area contributed by atoms with Crippen LogP contribution in [0.3, 0.4) is 0 Å². The third-order valence-electron chi connectivity index (χ3n) is 4.88. The lowest BCUT2D eigenvalue weighted by Gasteiger charge is -2.53. The summed E-state index contributed by atoms with van der Waals surface area (Å²) < 4.78 is 4.59. The molecule has 0 aliphatic carbocycles. The van der Waals surface area contributed by atoms with Crippen LogP contribution in [0.25, 0.3) is 0 Å². The number of carbonyl (C=O) groups excluding carboxylic acids is 2. The molecule has 2 saturated heterocycles. The largest absolute Gasteiger partial charge is 0.481 e. The number of nitrogens with one attached hydrogen (secondary N) is 1. The molecule has 2 aliphatic heterocycles. The van der Waals surface area contributed by atoms with E-state index in [0.717, 1.165) is 15.5 Å². The Morgan fingerprint density at radius 3 is 2.97 bits per heavy atom. The molecule has 2 aromatic rings. The van der Waals surface area contributed by atoms with Crippen LogP contribution in [0.1, 0.15) is 5.69 Å². The summed E-state index contributed by atoms with van der Waals surface area (Å²) in [6, 6.07) is -0.796. The smallest absolute Gasteiger partial charge is 0.313 e. The van der Waals surface area contributed by atoms with Crippen LogP contribution in [0, 0.1) is 5.41 Å². The zero-order chi connectivity index (χ0) is 22.9. The molecule has 0 spiro atoms. The molecular formula is C16H17N7O5S4. The molecule has 2 unspecified atom stereocenters. The highest BCUT2D eigenvalue weighted by atomic mass is 32.2. The van der Waals surface area contributed by atoms with Crippen molar-refractivity contribution < 1.29 is 24.3 Å². The first-order valence-corrected chi connectivity index (χ1v) is 12.7. The molecule has 0 saturated carbocycles. The summed E-state index contributed by atoms with van der Waals surface area (Å²) in [5.41, 5.74) is 4.66. The summed E-state index contributed by atoms with van der Waals surface area (Å²) in [6.45, 7) is 0.0616. The maximum absolute atomic E-state index is 12.8. The van der Waals surface area contributed by atoms with Crippen molar-refractivity contribution in [3.8, 4) is 0 Å². The first-order chi connectivity index (χ1) is 15.3. The van der Waals surface area contributed by atoms with Crippen LogP contribution in [0.5, 0.6) is 0 Å². The van der Waals surface area contributed by atoms with Gasteiger partial charge in [0.25, 0.3) is 5.91 Å². The van der Waals surface area contributed by atoms with E-state index in [-0.39, 0.29) is 40.1 Å². The van der Waals surface area contributed by atoms with E-state index < -0.39 is 23.3 Å². The van der Waals surface area contributed by atoms with E-state index in [1.165, 1.54) is 47.1 Å². The molecule has 16 heteroatoms. The molecule has 3 atom stereocenters. The van der Waals surface area contributed by atoms with E-state index in [1.54, 1.807) is 11.6 Å². The number of hydrogen-bond acceptors (Lipinski definition) is 13. The Kier molecular flexibility index (Phi) is 6.55. The second kappa shape index (κ2) is 9.21. The number of thiazole rings is 1. The molecule has 2 aliphatic rings. The minimum atomic E-state index is -1.11. The lowest BCUT2D eigenvalue weighted by atomic mass is 9.89. The van der Waals surface area contributed by atoms with Gasteiger partial charge < -0.3 is 25.9 Å². The minimum absolute atomic E-state index is 0.0616. The number of nitrogens with two attached hydrogens (primary N) is 1. The van der Waals surface area contributed by atoms with E-state index >= 15 is 0 Å². The fraction of sp³-hybridized carbons (Fsp3) is 0.438. The van der Waals surface area contributed by atoms with Gasteiger partial charge in [0.05, 0.1) is 6.20 Å². The number of carboxylic acids is 1. The predicted octanol–water partition coefficient (Wildman–Crippen LogP) is 0.191. The van der Waals surface area contributed by atoms with Gasteiger partial charge in [-0.05, 0) is 11.5 Å². The van der Waals surface area contributed by atoms with E-state index in [0.29, 0.717) is 5.75 Å². The highest BCUT2D eigenvalue weighted by Crippen LogP contribution is 2.44. The van der Waals surface area contributed by atoms with Crippen molar-refractivity contribution >= 4 is 75.0 Å². The minimum Gasteiger partial charge on any atom is -0.481 e. The molecule has 0 aromatic carbocycles. The summed E-state index contributed by atoms with van der Waals surface area (Å²) in [6.07, 6.45) is 1.58. The summed E-state index contributed by atoms with van der Waals surface area (Å²) in [5, 5.41) is 21.5. The van der Waals surface area contributed by atoms with Crippen LogP contribution in [0.15, 0.2) is 20.9 Å². The van der Waals surface area contributed by atoms with E-state index in [2.05, 4.69) is 25.0 Å². The fourth-order valence-electron chi connectivity index (χ4n) is 3.24. The van der Waals surface area contributed by atoms with Gasteiger partial charge in [0, 0.05) is 23.4 Å². The molecule has 0 bridgehead atoms. The van der Waals surface area contributed by atoms with Crippen LogP contribution in [0.4, 0.5) is 5.13 Å². The van der Waals surface area contributed by atoms with E-state index in [4.69, 9.17) is 10.6 Å². The van der Waals surface area contributed by atoms with Gasteiger partial charge in [0.15, 0.2) is 10.8 Å². The molecule has 2 fully saturated rings. The van der Waals surface area contributed by atoms with Crippen LogP contribution < -0.4 is 11.1 Å². The third kappa shape index (κ3) is 4.26. The number of rotatable bonds is 8. The molecule has 32 heavy (non-hydrogen) atoms. The number of aromatic nitrogens is 3. The molecule has 4 heterocycles. The molecule has 0 radical (unpaired) electrons. The van der Waals surface area contributed by atoms with Crippen LogP contribution in [-0.2, 0) is 19.2 Å². The van der Waals surface area contributed by atoms with Gasteiger partial charge in [0.1, 0.15) is 33.8 Å². The maximum atomic E-state index is 12.8. The van der Waals surface area contributed by atoms with E-state index in [9.17, 15) is 19.5 Å². The Bertz CT molecular complexity index is 1060. The highest BCUT2D eigenvalue weighted by molar-refractivity contribution is 8.01. The van der Waals surface area contributed by atoms with Crippen molar-refractivity contribution in [2.24, 2.45) is 10.6 Å². The van der Waals surface area contributed by atoms with Gasteiger partial charge in [-0.3, -0.25) is 14.4 Å². The predicted molar refractivity (Wildman–Crippen MR) is 121 cm³/mol. The number of nitrogens with zero attached hydrogens (tertiary/aromatic N) is 5. The van der Waals surface area contributed by atoms with Crippen molar-refractivity contribution in [1.82, 2.24) is 24.8 Å². The lowest BCUT2D eigenvalue weighted by molar-refractivity contribution is -0.157. The van der Waals surface area contributed by atoms with Gasteiger partial charge in [-0.25, -0.2) is 4.98 Å². The zero-order valence-electron chi connectivity index (χ0n) is 16.5. The second-order valence-corrected chi connectivity index (χ2v) is 11.0. The Morgan fingerprint density at radius 2 is 2.34 bits per heavy atom. The normalized spacial score (nSPS) is 25.1. The lowest BCUT2D eigenvalue weighted by Crippen LogP contribution is -2.74. The molecule has 2 amide bonds. The number of amides is 2. The maximum Gasteiger partial charge on any atom is 0.313 e. The summed E-state index contributed by atoms with van der Waals surface area (Å²) >= 11 is 5.02. The topological polar surface area (TPSA) is 173 Å². The van der Waals surface area contributed by atoms with Crippen molar-refractivity contribution in [2.45, 2.75) is 15.6 Å². The average molecular weight is 516 g/mol. The summed E-state index contributed by atoms with van der Waals surface area (Å²) in [7, 11) is 1.29. The molecular weight excluding hydrogens is 498 g/mol. The van der Waals surface area contributed by atoms with Crippen molar-refractivity contribution in [2.75, 3.05) is 30.9 Å². The van der Waals surface area contributed by atoms with E-state index in [1.807, 2.05) is 0 Å². The number of β-lactam (4-membered cyclic amide) rings is 1. The average Bonchev–Trinajstić information content (AvgIpc) is 3.45. The Labute approximate surface area is 198 Å². The standard InChI is InChI=1S/C16H17N7O5S4/c1-28-21-9(7-3-29-15(17)19-7)11(24)20-10-12(25)23-4-16(14(26)27,6-31-13(10)23)5-30-8-2-18-22-32-8/h2-3,10,13H,4-6H2,1H3,(H2,17,19)(H,20,24)(H,26,27)/t10?,13-,16?/m1/s1. The third-order valence-corrected chi connectivity index (χ3v) is 9.27. The number of aliphatic carboxylic acids is 1. The molecule has 4 rings (SSSR count). The van der Waals surface area contributed by atoms with Gasteiger partial charge >= 0.3 is 5.97 Å². The van der Waals surface area contributed by atoms with Crippen molar-refractivity contribution in [3.63, 3.8) is 0 Å². The number of carboxylic acid groups (broad SMARTS) is 1. The van der Waals surface area contributed by atoms with Gasteiger partial charge in [-0.1, -0.05) is 9.64 Å². The summed E-state index contributed by atoms with van der Waals surface area (Å²) in [4.78, 5) is 47.9. The van der Waals surface area contributed by atoms with Gasteiger partial charge in [-0.15, -0.1) is 40.0 Å².